The van der Waals surface area contributed by atoms with Gasteiger partial charge in [0.25, 0.3) is 0 Å². The van der Waals surface area contributed by atoms with E-state index in [-0.39, 0.29) is 0 Å². The number of hydrogen-bond acceptors (Lipinski definition) is 3. The molecular weight excluding hydrogens is 210 g/mol. The molecule has 4 heteroatoms. The third-order valence-corrected chi connectivity index (χ3v) is 4.30. The van der Waals surface area contributed by atoms with Crippen molar-refractivity contribution in [2.75, 3.05) is 18.6 Å². The average molecular weight is 233 g/mol. The van der Waals surface area contributed by atoms with Crippen molar-refractivity contribution in [3.05, 3.63) is 0 Å². The first kappa shape index (κ1) is 13.0. The maximum Gasteiger partial charge on any atom is 0.147 e. The van der Waals surface area contributed by atoms with Crippen LogP contribution in [0.3, 0.4) is 0 Å². The number of rotatable bonds is 6. The monoisotopic (exact) mass is 233 g/mol. The largest absolute Gasteiger partial charge is 0.314 e. The van der Waals surface area contributed by atoms with Gasteiger partial charge in [-0.3, -0.25) is 0 Å². The van der Waals surface area contributed by atoms with Crippen molar-refractivity contribution in [2.24, 2.45) is 5.92 Å². The molecule has 0 spiro atoms. The first-order valence-electron chi connectivity index (χ1n) is 5.90. The van der Waals surface area contributed by atoms with Crippen LogP contribution in [-0.2, 0) is 9.84 Å². The van der Waals surface area contributed by atoms with Crippen molar-refractivity contribution in [3.63, 3.8) is 0 Å². The molecule has 1 unspecified atom stereocenters. The molecule has 0 radical (unpaired) electrons. The van der Waals surface area contributed by atoms with E-state index in [1.807, 2.05) is 0 Å². The maximum absolute atomic E-state index is 10.9. The minimum atomic E-state index is -2.78. The van der Waals surface area contributed by atoms with Crippen LogP contribution in [0.4, 0.5) is 0 Å². The predicted molar refractivity (Wildman–Crippen MR) is 63.8 cm³/mol. The van der Waals surface area contributed by atoms with E-state index in [0.717, 1.165) is 18.9 Å². The van der Waals surface area contributed by atoms with Gasteiger partial charge in [-0.2, -0.15) is 0 Å². The lowest BCUT2D eigenvalue weighted by molar-refractivity contribution is 0.382. The molecular formula is C11H23NO2S. The molecule has 0 amide bonds. The normalized spacial score (nSPS) is 20.7. The predicted octanol–water partition coefficient (Wildman–Crippen LogP) is 1.59. The van der Waals surface area contributed by atoms with Gasteiger partial charge in [0.05, 0.1) is 5.75 Å². The highest BCUT2D eigenvalue weighted by molar-refractivity contribution is 7.90. The summed E-state index contributed by atoms with van der Waals surface area (Å²) in [7, 11) is -2.78. The number of hydrogen-bond donors (Lipinski definition) is 1. The van der Waals surface area contributed by atoms with Crippen molar-refractivity contribution >= 4 is 9.84 Å². The molecule has 1 atom stereocenters. The molecule has 1 aliphatic carbocycles. The average Bonchev–Trinajstić information content (AvgIpc) is 2.63. The fraction of sp³-hybridized carbons (Fsp3) is 1.00. The molecule has 0 aromatic heterocycles. The van der Waals surface area contributed by atoms with Crippen molar-refractivity contribution in [2.45, 2.75) is 45.1 Å². The Morgan fingerprint density at radius 2 is 1.93 bits per heavy atom. The second-order valence-corrected chi connectivity index (χ2v) is 7.03. The molecule has 0 aromatic rings. The first-order valence-corrected chi connectivity index (χ1v) is 7.96. The Hall–Kier alpha value is -0.0900. The topological polar surface area (TPSA) is 46.2 Å². The van der Waals surface area contributed by atoms with Crippen molar-refractivity contribution in [1.82, 2.24) is 5.32 Å². The molecule has 0 heterocycles. The van der Waals surface area contributed by atoms with E-state index in [9.17, 15) is 8.42 Å². The van der Waals surface area contributed by atoms with E-state index < -0.39 is 9.84 Å². The van der Waals surface area contributed by atoms with Crippen LogP contribution in [-0.4, -0.2) is 33.0 Å². The molecule has 15 heavy (non-hydrogen) atoms. The van der Waals surface area contributed by atoms with Gasteiger partial charge in [0.2, 0.25) is 0 Å². The Kier molecular flexibility index (Phi) is 5.06. The molecule has 0 aromatic carbocycles. The van der Waals surface area contributed by atoms with E-state index >= 15 is 0 Å². The summed E-state index contributed by atoms with van der Waals surface area (Å²) in [4.78, 5) is 0. The molecule has 1 saturated carbocycles. The highest BCUT2D eigenvalue weighted by Gasteiger charge is 2.20. The van der Waals surface area contributed by atoms with Crippen LogP contribution in [0.25, 0.3) is 0 Å². The molecule has 1 rings (SSSR count). The van der Waals surface area contributed by atoms with Gasteiger partial charge in [0.15, 0.2) is 0 Å². The molecule has 0 aliphatic heterocycles. The third kappa shape index (κ3) is 5.52. The van der Waals surface area contributed by atoms with Crippen LogP contribution in [0.1, 0.15) is 39.0 Å². The summed E-state index contributed by atoms with van der Waals surface area (Å²) in [6.07, 6.45) is 7.42. The molecule has 1 aliphatic rings. The van der Waals surface area contributed by atoms with Crippen LogP contribution in [0.15, 0.2) is 0 Å². The van der Waals surface area contributed by atoms with Gasteiger partial charge in [-0.1, -0.05) is 12.8 Å². The van der Waals surface area contributed by atoms with Gasteiger partial charge >= 0.3 is 0 Å². The Bertz CT molecular complexity index is 268. The Morgan fingerprint density at radius 3 is 2.47 bits per heavy atom. The van der Waals surface area contributed by atoms with Crippen molar-refractivity contribution < 1.29 is 8.42 Å². The summed E-state index contributed by atoms with van der Waals surface area (Å²) in [6, 6.07) is 0.548. The summed E-state index contributed by atoms with van der Waals surface area (Å²) in [5.74, 6) is 1.11. The zero-order valence-corrected chi connectivity index (χ0v) is 10.6. The van der Waals surface area contributed by atoms with Crippen LogP contribution in [0.2, 0.25) is 0 Å². The second kappa shape index (κ2) is 5.85. The number of nitrogens with one attached hydrogen (secondary N) is 1. The summed E-state index contributed by atoms with van der Waals surface area (Å²) in [5, 5.41) is 3.43. The lowest BCUT2D eigenvalue weighted by atomic mass is 10.00. The van der Waals surface area contributed by atoms with Crippen molar-refractivity contribution in [3.8, 4) is 0 Å². The van der Waals surface area contributed by atoms with E-state index in [1.165, 1.54) is 31.9 Å². The van der Waals surface area contributed by atoms with E-state index in [2.05, 4.69) is 12.2 Å². The van der Waals surface area contributed by atoms with Gasteiger partial charge in [-0.05, 0) is 38.6 Å². The van der Waals surface area contributed by atoms with Crippen LogP contribution in [0, 0.1) is 5.92 Å². The Balaban J connectivity index is 2.09. The molecule has 0 saturated heterocycles. The van der Waals surface area contributed by atoms with Gasteiger partial charge in [-0.25, -0.2) is 8.42 Å². The molecule has 1 fully saturated rings. The quantitative estimate of drug-likeness (QED) is 0.709. The SMILES string of the molecule is CC(NCCCS(C)(=O)=O)C1CCCC1. The van der Waals surface area contributed by atoms with Crippen molar-refractivity contribution in [1.29, 1.82) is 0 Å². The highest BCUT2D eigenvalue weighted by atomic mass is 32.2. The highest BCUT2D eigenvalue weighted by Crippen LogP contribution is 2.27. The minimum absolute atomic E-state index is 0.303. The van der Waals surface area contributed by atoms with E-state index in [0.29, 0.717) is 11.8 Å². The molecule has 3 nitrogen and oxygen atoms in total. The smallest absolute Gasteiger partial charge is 0.147 e. The lowest BCUT2D eigenvalue weighted by Gasteiger charge is -2.20. The van der Waals surface area contributed by atoms with Crippen LogP contribution in [0.5, 0.6) is 0 Å². The Morgan fingerprint density at radius 1 is 1.33 bits per heavy atom. The number of sulfone groups is 1. The maximum atomic E-state index is 10.9. The fourth-order valence-electron chi connectivity index (χ4n) is 2.29. The van der Waals surface area contributed by atoms with Crippen LogP contribution < -0.4 is 5.32 Å². The fourth-order valence-corrected chi connectivity index (χ4v) is 2.96. The van der Waals surface area contributed by atoms with Crippen LogP contribution >= 0.6 is 0 Å². The van der Waals surface area contributed by atoms with E-state index in [4.69, 9.17) is 0 Å². The van der Waals surface area contributed by atoms with Gasteiger partial charge in [-0.15, -0.1) is 0 Å². The zero-order valence-electron chi connectivity index (χ0n) is 9.83. The molecule has 0 bridgehead atoms. The third-order valence-electron chi connectivity index (χ3n) is 3.27. The summed E-state index contributed by atoms with van der Waals surface area (Å²) >= 11 is 0. The first-order chi connectivity index (χ1) is 6.99. The summed E-state index contributed by atoms with van der Waals surface area (Å²) in [6.45, 7) is 3.04. The van der Waals surface area contributed by atoms with Gasteiger partial charge in [0, 0.05) is 12.3 Å². The Labute approximate surface area is 93.6 Å². The summed E-state index contributed by atoms with van der Waals surface area (Å²) in [5.41, 5.74) is 0. The lowest BCUT2D eigenvalue weighted by Crippen LogP contribution is -2.33. The summed E-state index contributed by atoms with van der Waals surface area (Å²) < 4.78 is 21.8. The second-order valence-electron chi connectivity index (χ2n) is 4.77. The molecule has 1 N–H and O–H groups in total. The standard InChI is InChI=1S/C11H23NO2S/c1-10(11-6-3-4-7-11)12-8-5-9-15(2,13)14/h10-12H,3-9H2,1-2H3. The van der Waals surface area contributed by atoms with Gasteiger partial charge in [0.1, 0.15) is 9.84 Å². The minimum Gasteiger partial charge on any atom is -0.314 e. The van der Waals surface area contributed by atoms with Gasteiger partial charge < -0.3 is 5.32 Å². The zero-order chi connectivity index (χ0) is 11.3. The van der Waals surface area contributed by atoms with E-state index in [1.54, 1.807) is 0 Å². The molecule has 90 valence electrons.